The molecule has 2 rings (SSSR count). The lowest BCUT2D eigenvalue weighted by Crippen LogP contribution is -2.44. The largest absolute Gasteiger partial charge is 0.338 e. The van der Waals surface area contributed by atoms with Gasteiger partial charge >= 0.3 is 0 Å². The van der Waals surface area contributed by atoms with Crippen LogP contribution in [0.15, 0.2) is 30.3 Å². The van der Waals surface area contributed by atoms with Crippen molar-refractivity contribution < 1.29 is 13.2 Å². The monoisotopic (exact) mass is 353 g/mol. The van der Waals surface area contributed by atoms with E-state index < -0.39 is 10.0 Å². The third-order valence-corrected chi connectivity index (χ3v) is 5.74. The van der Waals surface area contributed by atoms with Crippen LogP contribution < -0.4 is 5.73 Å². The van der Waals surface area contributed by atoms with Crippen molar-refractivity contribution in [3.05, 3.63) is 35.9 Å². The van der Waals surface area contributed by atoms with Gasteiger partial charge in [0.15, 0.2) is 0 Å². The van der Waals surface area contributed by atoms with E-state index in [4.69, 9.17) is 5.73 Å². The highest BCUT2D eigenvalue weighted by molar-refractivity contribution is 7.88. The highest BCUT2D eigenvalue weighted by Gasteiger charge is 2.31. The predicted molar refractivity (Wildman–Crippen MR) is 94.7 cm³/mol. The maximum Gasteiger partial charge on any atom is 0.226 e. The van der Waals surface area contributed by atoms with E-state index in [1.165, 1.54) is 10.6 Å². The third-order valence-electron chi connectivity index (χ3n) is 4.43. The molecule has 1 aromatic rings. The first-order valence-electron chi connectivity index (χ1n) is 8.39. The highest BCUT2D eigenvalue weighted by Crippen LogP contribution is 2.22. The van der Waals surface area contributed by atoms with Gasteiger partial charge in [-0.05, 0) is 31.4 Å². The Bertz CT molecular complexity index is 626. The molecule has 0 aliphatic carbocycles. The van der Waals surface area contributed by atoms with Crippen molar-refractivity contribution in [1.29, 1.82) is 0 Å². The van der Waals surface area contributed by atoms with Crippen molar-refractivity contribution in [3.63, 3.8) is 0 Å². The van der Waals surface area contributed by atoms with Crippen LogP contribution in [0.4, 0.5) is 0 Å². The zero-order chi connectivity index (χ0) is 17.6. The van der Waals surface area contributed by atoms with Crippen LogP contribution in [0.1, 0.15) is 24.8 Å². The molecule has 0 spiro atoms. The molecule has 1 aliphatic rings. The van der Waals surface area contributed by atoms with E-state index in [-0.39, 0.29) is 11.8 Å². The summed E-state index contributed by atoms with van der Waals surface area (Å²) in [6.07, 6.45) is 3.15. The smallest absolute Gasteiger partial charge is 0.226 e. The van der Waals surface area contributed by atoms with Crippen LogP contribution in [0.2, 0.25) is 0 Å². The van der Waals surface area contributed by atoms with Crippen molar-refractivity contribution in [3.8, 4) is 0 Å². The molecule has 0 bridgehead atoms. The van der Waals surface area contributed by atoms with E-state index in [1.54, 1.807) is 0 Å². The second-order valence-electron chi connectivity index (χ2n) is 6.32. The Hall–Kier alpha value is -1.44. The van der Waals surface area contributed by atoms with Crippen molar-refractivity contribution >= 4 is 15.9 Å². The molecule has 1 aromatic carbocycles. The van der Waals surface area contributed by atoms with Crippen molar-refractivity contribution in [1.82, 2.24) is 9.21 Å². The molecule has 134 valence electrons. The normalized spacial score (nSPS) is 16.9. The minimum atomic E-state index is -3.17. The van der Waals surface area contributed by atoms with Gasteiger partial charge in [0.05, 0.1) is 6.26 Å². The zero-order valence-corrected chi connectivity index (χ0v) is 15.0. The number of nitrogens with zero attached hydrogens (tertiary/aromatic N) is 2. The van der Waals surface area contributed by atoms with Gasteiger partial charge < -0.3 is 10.6 Å². The standard InChI is InChI=1S/C17H27N3O3S/c1-24(22,23)20-12-8-16(9-13-20)17(21)19(11-5-10-18)14-15-6-3-2-4-7-15/h2-4,6-7,16H,5,8-14,18H2,1H3. The number of piperidine rings is 1. The molecule has 1 heterocycles. The molecule has 0 unspecified atom stereocenters. The van der Waals surface area contributed by atoms with Gasteiger partial charge in [-0.25, -0.2) is 12.7 Å². The molecule has 0 saturated carbocycles. The molecule has 2 N–H and O–H groups in total. The summed E-state index contributed by atoms with van der Waals surface area (Å²) >= 11 is 0. The number of hydrogen-bond acceptors (Lipinski definition) is 4. The first kappa shape index (κ1) is 18.9. The van der Waals surface area contributed by atoms with E-state index >= 15 is 0 Å². The number of carbonyl (C=O) groups is 1. The van der Waals surface area contributed by atoms with Crippen molar-refractivity contribution in [2.45, 2.75) is 25.8 Å². The predicted octanol–water partition coefficient (Wildman–Crippen LogP) is 1.04. The molecule has 0 aromatic heterocycles. The van der Waals surface area contributed by atoms with Crippen LogP contribution in [-0.4, -0.2) is 56.0 Å². The lowest BCUT2D eigenvalue weighted by molar-refractivity contribution is -0.137. The Morgan fingerprint density at radius 1 is 1.25 bits per heavy atom. The molecule has 1 saturated heterocycles. The van der Waals surface area contributed by atoms with Crippen LogP contribution >= 0.6 is 0 Å². The molecule has 24 heavy (non-hydrogen) atoms. The molecular formula is C17H27N3O3S. The summed E-state index contributed by atoms with van der Waals surface area (Å²) in [5.41, 5.74) is 6.70. The number of hydrogen-bond donors (Lipinski definition) is 1. The number of amides is 1. The highest BCUT2D eigenvalue weighted by atomic mass is 32.2. The minimum absolute atomic E-state index is 0.107. The second-order valence-corrected chi connectivity index (χ2v) is 8.31. The molecule has 0 atom stereocenters. The Morgan fingerprint density at radius 2 is 1.88 bits per heavy atom. The van der Waals surface area contributed by atoms with Gasteiger partial charge in [0, 0.05) is 32.1 Å². The average Bonchev–Trinajstić information content (AvgIpc) is 2.58. The van der Waals surface area contributed by atoms with Gasteiger partial charge in [-0.3, -0.25) is 4.79 Å². The van der Waals surface area contributed by atoms with Gasteiger partial charge in [-0.15, -0.1) is 0 Å². The van der Waals surface area contributed by atoms with Gasteiger partial charge in [0.2, 0.25) is 15.9 Å². The van der Waals surface area contributed by atoms with Crippen LogP contribution in [0, 0.1) is 5.92 Å². The summed E-state index contributed by atoms with van der Waals surface area (Å²) in [6, 6.07) is 9.90. The van der Waals surface area contributed by atoms with E-state index in [9.17, 15) is 13.2 Å². The van der Waals surface area contributed by atoms with E-state index in [2.05, 4.69) is 0 Å². The van der Waals surface area contributed by atoms with Gasteiger partial charge in [0.1, 0.15) is 0 Å². The SMILES string of the molecule is CS(=O)(=O)N1CCC(C(=O)N(CCCN)Cc2ccccc2)CC1. The lowest BCUT2D eigenvalue weighted by atomic mass is 9.96. The Balaban J connectivity index is 2.00. The second kappa shape index (κ2) is 8.60. The minimum Gasteiger partial charge on any atom is -0.338 e. The first-order chi connectivity index (χ1) is 11.4. The lowest BCUT2D eigenvalue weighted by Gasteiger charge is -2.33. The van der Waals surface area contributed by atoms with Gasteiger partial charge in [-0.2, -0.15) is 0 Å². The van der Waals surface area contributed by atoms with Crippen LogP contribution in [-0.2, 0) is 21.4 Å². The summed E-state index contributed by atoms with van der Waals surface area (Å²) in [5.74, 6) is 0.00457. The van der Waals surface area contributed by atoms with Crippen molar-refractivity contribution in [2.24, 2.45) is 11.7 Å². The number of rotatable bonds is 7. The summed E-state index contributed by atoms with van der Waals surface area (Å²) in [6.45, 7) is 2.60. The van der Waals surface area contributed by atoms with Crippen molar-refractivity contribution in [2.75, 3.05) is 32.4 Å². The van der Waals surface area contributed by atoms with Gasteiger partial charge in [0.25, 0.3) is 0 Å². The summed E-state index contributed by atoms with van der Waals surface area (Å²) in [7, 11) is -3.17. The summed E-state index contributed by atoms with van der Waals surface area (Å²) < 4.78 is 24.6. The fourth-order valence-corrected chi connectivity index (χ4v) is 3.92. The molecule has 0 radical (unpaired) electrons. The molecular weight excluding hydrogens is 326 g/mol. The average molecular weight is 353 g/mol. The molecule has 6 nitrogen and oxygen atoms in total. The fraction of sp³-hybridized carbons (Fsp3) is 0.588. The van der Waals surface area contributed by atoms with E-state index in [1.807, 2.05) is 35.2 Å². The number of sulfonamides is 1. The van der Waals surface area contributed by atoms with Crippen LogP contribution in [0.3, 0.4) is 0 Å². The molecule has 1 fully saturated rings. The Morgan fingerprint density at radius 3 is 2.42 bits per heavy atom. The van der Waals surface area contributed by atoms with E-state index in [0.29, 0.717) is 45.6 Å². The maximum atomic E-state index is 12.9. The maximum absolute atomic E-state index is 12.9. The Labute approximate surface area is 144 Å². The number of nitrogens with two attached hydrogens (primary N) is 1. The Kier molecular flexibility index (Phi) is 6.77. The summed E-state index contributed by atoms with van der Waals surface area (Å²) in [5, 5.41) is 0. The first-order valence-corrected chi connectivity index (χ1v) is 10.2. The molecule has 1 amide bonds. The number of carbonyl (C=O) groups excluding carboxylic acids is 1. The quantitative estimate of drug-likeness (QED) is 0.794. The summed E-state index contributed by atoms with van der Waals surface area (Å²) in [4.78, 5) is 14.7. The number of benzene rings is 1. The third kappa shape index (κ3) is 5.29. The zero-order valence-electron chi connectivity index (χ0n) is 14.2. The van der Waals surface area contributed by atoms with Crippen LogP contribution in [0.25, 0.3) is 0 Å². The van der Waals surface area contributed by atoms with E-state index in [0.717, 1.165) is 12.0 Å². The van der Waals surface area contributed by atoms with Gasteiger partial charge in [-0.1, -0.05) is 30.3 Å². The van der Waals surface area contributed by atoms with Crippen LogP contribution in [0.5, 0.6) is 0 Å². The molecule has 7 heteroatoms. The fourth-order valence-electron chi connectivity index (χ4n) is 3.05. The topological polar surface area (TPSA) is 83.7 Å². The molecule has 1 aliphatic heterocycles.